The third-order valence-electron chi connectivity index (χ3n) is 5.45. The number of rotatable bonds is 6. The maximum atomic E-state index is 13.9. The van der Waals surface area contributed by atoms with Crippen LogP contribution in [0.4, 0.5) is 20.3 Å². The molecule has 9 nitrogen and oxygen atoms in total. The van der Waals surface area contributed by atoms with Gasteiger partial charge in [0, 0.05) is 11.3 Å². The number of aryl methyl sites for hydroxylation is 1. The number of amides is 2. The van der Waals surface area contributed by atoms with Crippen LogP contribution in [0, 0.1) is 18.6 Å². The van der Waals surface area contributed by atoms with E-state index in [2.05, 4.69) is 25.9 Å². The molecule has 0 unspecified atom stereocenters. The number of hydrogen-bond acceptors (Lipinski definition) is 6. The molecule has 0 aliphatic carbocycles. The lowest BCUT2D eigenvalue weighted by molar-refractivity contribution is -0.116. The second kappa shape index (κ2) is 9.37. The highest BCUT2D eigenvalue weighted by molar-refractivity contribution is 6.05. The number of carbonyl (C=O) groups excluding carboxylic acids is 2. The van der Waals surface area contributed by atoms with Crippen LogP contribution in [-0.2, 0) is 11.3 Å². The topological polar surface area (TPSA) is 115 Å². The van der Waals surface area contributed by atoms with Gasteiger partial charge in [-0.25, -0.2) is 18.4 Å². The fraction of sp³-hybridized carbons (Fsp3) is 0.0800. The van der Waals surface area contributed by atoms with Crippen molar-refractivity contribution >= 4 is 34.4 Å². The summed E-state index contributed by atoms with van der Waals surface area (Å²) in [6.07, 6.45) is 0. The van der Waals surface area contributed by atoms with Crippen molar-refractivity contribution < 1.29 is 23.0 Å². The minimum atomic E-state index is -0.561. The maximum Gasteiger partial charge on any atom is 0.256 e. The minimum Gasteiger partial charge on any atom is -0.324 e. The first-order valence-corrected chi connectivity index (χ1v) is 10.8. The monoisotopic (exact) mass is 488 g/mol. The number of hydrogen-bond donors (Lipinski definition) is 2. The van der Waals surface area contributed by atoms with Gasteiger partial charge in [0.25, 0.3) is 5.91 Å². The van der Waals surface area contributed by atoms with Crippen molar-refractivity contribution in [1.29, 1.82) is 0 Å². The average Bonchev–Trinajstić information content (AvgIpc) is 3.46. The number of para-hydroxylation sites is 2. The SMILES string of the molecule is Cc1ccc(NC(=O)Cn2c(-c3nonc3NC(=O)c3ccc(F)cc3)nc3ccccc32)cc1F. The van der Waals surface area contributed by atoms with Gasteiger partial charge in [0.1, 0.15) is 18.2 Å². The molecule has 180 valence electrons. The summed E-state index contributed by atoms with van der Waals surface area (Å²) in [5.41, 5.74) is 2.26. The standard InChI is InChI=1S/C25H18F2N6O3/c1-14-6-11-17(12-18(14)27)28-21(34)13-33-20-5-3-2-4-19(20)29-24(33)22-23(32-36-31-22)30-25(35)15-7-9-16(26)10-8-15/h2-12H,13H2,1H3,(H,28,34)(H,30,32,35). The molecule has 0 atom stereocenters. The summed E-state index contributed by atoms with van der Waals surface area (Å²) in [4.78, 5) is 30.1. The molecule has 0 saturated heterocycles. The number of carbonyl (C=O) groups is 2. The van der Waals surface area contributed by atoms with E-state index in [1.165, 1.54) is 18.2 Å². The molecule has 2 aromatic heterocycles. The fourth-order valence-corrected chi connectivity index (χ4v) is 3.63. The van der Waals surface area contributed by atoms with Gasteiger partial charge in [-0.15, -0.1) is 0 Å². The van der Waals surface area contributed by atoms with E-state index in [4.69, 9.17) is 4.63 Å². The number of halogens is 2. The fourth-order valence-electron chi connectivity index (χ4n) is 3.63. The van der Waals surface area contributed by atoms with E-state index in [1.54, 1.807) is 47.9 Å². The average molecular weight is 488 g/mol. The summed E-state index contributed by atoms with van der Waals surface area (Å²) >= 11 is 0. The van der Waals surface area contributed by atoms with Gasteiger partial charge in [-0.1, -0.05) is 18.2 Å². The Balaban J connectivity index is 1.46. The lowest BCUT2D eigenvalue weighted by Crippen LogP contribution is -2.20. The van der Waals surface area contributed by atoms with Crippen LogP contribution in [0.3, 0.4) is 0 Å². The van der Waals surface area contributed by atoms with E-state index in [1.807, 2.05) is 0 Å². The number of aromatic nitrogens is 4. The Bertz CT molecular complexity index is 1590. The summed E-state index contributed by atoms with van der Waals surface area (Å²) < 4.78 is 33.6. The van der Waals surface area contributed by atoms with E-state index in [0.29, 0.717) is 22.3 Å². The van der Waals surface area contributed by atoms with E-state index in [0.717, 1.165) is 12.1 Å². The van der Waals surface area contributed by atoms with Gasteiger partial charge in [0.15, 0.2) is 11.5 Å². The highest BCUT2D eigenvalue weighted by atomic mass is 19.1. The molecule has 0 aliphatic rings. The molecule has 0 bridgehead atoms. The molecule has 3 aromatic carbocycles. The van der Waals surface area contributed by atoms with Crippen molar-refractivity contribution in [3.63, 3.8) is 0 Å². The van der Waals surface area contributed by atoms with E-state index in [-0.39, 0.29) is 29.4 Å². The first-order chi connectivity index (χ1) is 17.4. The molecule has 0 radical (unpaired) electrons. The van der Waals surface area contributed by atoms with Crippen LogP contribution in [0.25, 0.3) is 22.6 Å². The highest BCUT2D eigenvalue weighted by Crippen LogP contribution is 2.28. The number of benzene rings is 3. The summed E-state index contributed by atoms with van der Waals surface area (Å²) in [5, 5.41) is 12.9. The van der Waals surface area contributed by atoms with Crippen LogP contribution in [0.2, 0.25) is 0 Å². The van der Waals surface area contributed by atoms with Gasteiger partial charge < -0.3 is 15.2 Å². The molecule has 2 amide bonds. The number of nitrogens with one attached hydrogen (secondary N) is 2. The Morgan fingerprint density at radius 1 is 0.972 bits per heavy atom. The molecule has 0 spiro atoms. The first-order valence-electron chi connectivity index (χ1n) is 10.8. The number of fused-ring (bicyclic) bond motifs is 1. The van der Waals surface area contributed by atoms with Gasteiger partial charge in [-0.05, 0) is 71.3 Å². The second-order valence-electron chi connectivity index (χ2n) is 7.94. The van der Waals surface area contributed by atoms with Crippen molar-refractivity contribution in [3.05, 3.63) is 89.5 Å². The highest BCUT2D eigenvalue weighted by Gasteiger charge is 2.23. The Morgan fingerprint density at radius 3 is 2.53 bits per heavy atom. The van der Waals surface area contributed by atoms with Crippen LogP contribution in [0.1, 0.15) is 15.9 Å². The number of imidazole rings is 1. The summed E-state index contributed by atoms with van der Waals surface area (Å²) in [7, 11) is 0. The van der Waals surface area contributed by atoms with Crippen molar-refractivity contribution in [3.8, 4) is 11.5 Å². The first kappa shape index (κ1) is 22.8. The lowest BCUT2D eigenvalue weighted by atomic mass is 10.2. The van der Waals surface area contributed by atoms with Crippen LogP contribution in [-0.4, -0.2) is 31.7 Å². The summed E-state index contributed by atoms with van der Waals surface area (Å²) in [6.45, 7) is 1.44. The van der Waals surface area contributed by atoms with Crippen molar-refractivity contribution in [2.45, 2.75) is 13.5 Å². The van der Waals surface area contributed by atoms with Crippen LogP contribution >= 0.6 is 0 Å². The Kier molecular flexibility index (Phi) is 5.95. The second-order valence-corrected chi connectivity index (χ2v) is 7.94. The van der Waals surface area contributed by atoms with E-state index in [9.17, 15) is 18.4 Å². The van der Waals surface area contributed by atoms with Crippen LogP contribution in [0.5, 0.6) is 0 Å². The normalized spacial score (nSPS) is 11.0. The molecule has 0 aliphatic heterocycles. The maximum absolute atomic E-state index is 13.9. The van der Waals surface area contributed by atoms with Crippen LogP contribution < -0.4 is 10.6 Å². The lowest BCUT2D eigenvalue weighted by Gasteiger charge is -2.10. The zero-order chi connectivity index (χ0) is 25.2. The number of anilines is 2. The van der Waals surface area contributed by atoms with Gasteiger partial charge in [0.2, 0.25) is 11.7 Å². The molecule has 2 N–H and O–H groups in total. The van der Waals surface area contributed by atoms with E-state index >= 15 is 0 Å². The molecule has 11 heteroatoms. The summed E-state index contributed by atoms with van der Waals surface area (Å²) in [5.74, 6) is -1.71. The zero-order valence-corrected chi connectivity index (χ0v) is 18.8. The third kappa shape index (κ3) is 4.53. The van der Waals surface area contributed by atoms with E-state index < -0.39 is 23.4 Å². The molecule has 2 heterocycles. The Labute approximate surface area is 202 Å². The molecule has 5 rings (SSSR count). The van der Waals surface area contributed by atoms with Gasteiger partial charge in [-0.3, -0.25) is 9.59 Å². The quantitative estimate of drug-likeness (QED) is 0.362. The van der Waals surface area contributed by atoms with Gasteiger partial charge in [-0.2, -0.15) is 0 Å². The Hall–Kier alpha value is -4.93. The van der Waals surface area contributed by atoms with Gasteiger partial charge >= 0.3 is 0 Å². The van der Waals surface area contributed by atoms with Crippen molar-refractivity contribution in [2.24, 2.45) is 0 Å². The zero-order valence-electron chi connectivity index (χ0n) is 18.8. The number of nitrogens with zero attached hydrogens (tertiary/aromatic N) is 4. The van der Waals surface area contributed by atoms with Crippen molar-refractivity contribution in [1.82, 2.24) is 19.9 Å². The van der Waals surface area contributed by atoms with Crippen LogP contribution in [0.15, 0.2) is 71.4 Å². The predicted octanol–water partition coefficient (Wildman–Crippen LogP) is 4.56. The predicted molar refractivity (Wildman–Crippen MR) is 127 cm³/mol. The minimum absolute atomic E-state index is 0.0260. The third-order valence-corrected chi connectivity index (χ3v) is 5.45. The van der Waals surface area contributed by atoms with Gasteiger partial charge in [0.05, 0.1) is 11.0 Å². The molecular weight excluding hydrogens is 470 g/mol. The molecule has 36 heavy (non-hydrogen) atoms. The Morgan fingerprint density at radius 2 is 1.75 bits per heavy atom. The molecule has 0 fully saturated rings. The molecule has 0 saturated carbocycles. The smallest absolute Gasteiger partial charge is 0.256 e. The largest absolute Gasteiger partial charge is 0.324 e. The van der Waals surface area contributed by atoms with Crippen molar-refractivity contribution in [2.75, 3.05) is 10.6 Å². The molecular formula is C25H18F2N6O3. The summed E-state index contributed by atoms with van der Waals surface area (Å²) in [6, 6.07) is 16.5. The molecule has 5 aromatic rings.